The van der Waals surface area contributed by atoms with Gasteiger partial charge in [-0.2, -0.15) is 13.2 Å². The number of hydrogen-bond donors (Lipinski definition) is 2. The van der Waals surface area contributed by atoms with Crippen LogP contribution in [0.3, 0.4) is 0 Å². The van der Waals surface area contributed by atoms with Crippen molar-refractivity contribution in [2.45, 2.75) is 6.18 Å². The summed E-state index contributed by atoms with van der Waals surface area (Å²) < 4.78 is 36.9. The maximum Gasteiger partial charge on any atom is 0.419 e. The average molecular weight is 203 g/mol. The Morgan fingerprint density at radius 2 is 2.00 bits per heavy atom. The van der Waals surface area contributed by atoms with Gasteiger partial charge >= 0.3 is 6.18 Å². The topological polar surface area (TPSA) is 61.5 Å². The second-order valence-corrected chi connectivity index (χ2v) is 2.66. The fourth-order valence-electron chi connectivity index (χ4n) is 1.17. The van der Waals surface area contributed by atoms with Crippen molar-refractivity contribution in [2.24, 2.45) is 0 Å². The third-order valence-corrected chi connectivity index (χ3v) is 1.77. The summed E-state index contributed by atoms with van der Waals surface area (Å²) >= 11 is 0. The van der Waals surface area contributed by atoms with Crippen LogP contribution in [0.5, 0.6) is 0 Å². The number of aromatic amines is 2. The summed E-state index contributed by atoms with van der Waals surface area (Å²) in [5.74, 6) is 0. The highest BCUT2D eigenvalue weighted by Gasteiger charge is 2.34. The first kappa shape index (κ1) is 8.79. The van der Waals surface area contributed by atoms with Crippen molar-refractivity contribution in [1.29, 1.82) is 0 Å². The molecule has 2 aromatic rings. The second kappa shape index (κ2) is 2.60. The van der Waals surface area contributed by atoms with Crippen molar-refractivity contribution in [3.63, 3.8) is 0 Å². The Labute approximate surface area is 74.8 Å². The summed E-state index contributed by atoms with van der Waals surface area (Å²) in [5.41, 5.74) is -2.08. The Hall–Kier alpha value is -1.79. The zero-order chi connectivity index (χ0) is 10.3. The molecule has 7 heteroatoms. The van der Waals surface area contributed by atoms with Gasteiger partial charge in [-0.3, -0.25) is 4.79 Å². The highest BCUT2D eigenvalue weighted by Crippen LogP contribution is 2.32. The van der Waals surface area contributed by atoms with Crippen LogP contribution in [0.1, 0.15) is 5.56 Å². The van der Waals surface area contributed by atoms with E-state index in [-0.39, 0.29) is 11.0 Å². The Balaban J connectivity index is 2.83. The number of fused-ring (bicyclic) bond motifs is 1. The van der Waals surface area contributed by atoms with E-state index in [0.717, 1.165) is 12.5 Å². The molecule has 74 valence electrons. The van der Waals surface area contributed by atoms with Crippen LogP contribution in [0.25, 0.3) is 11.0 Å². The van der Waals surface area contributed by atoms with Gasteiger partial charge in [0.15, 0.2) is 0 Å². The number of alkyl halides is 3. The Morgan fingerprint density at radius 1 is 1.29 bits per heavy atom. The number of hydrogen-bond acceptors (Lipinski definition) is 2. The molecule has 0 saturated heterocycles. The molecular formula is C7H4F3N3O. The lowest BCUT2D eigenvalue weighted by Gasteiger charge is -2.02. The highest BCUT2D eigenvalue weighted by atomic mass is 19.4. The number of H-pyrrole nitrogens is 2. The molecule has 0 radical (unpaired) electrons. The van der Waals surface area contributed by atoms with Crippen LogP contribution in [-0.2, 0) is 6.18 Å². The standard InChI is InChI=1S/C7H4F3N3O/c8-7(9,10)3-1-11-5-4(3)12-2-13-6(5)14/h1-2,11H,(H,12,13,14). The molecule has 0 unspecified atom stereocenters. The van der Waals surface area contributed by atoms with Crippen LogP contribution >= 0.6 is 0 Å². The molecule has 2 aromatic heterocycles. The quantitative estimate of drug-likeness (QED) is 0.677. The predicted octanol–water partition coefficient (Wildman–Crippen LogP) is 1.27. The Kier molecular flexibility index (Phi) is 1.63. The van der Waals surface area contributed by atoms with Crippen LogP contribution < -0.4 is 5.56 Å². The van der Waals surface area contributed by atoms with Gasteiger partial charge in [0.1, 0.15) is 11.0 Å². The fourth-order valence-corrected chi connectivity index (χ4v) is 1.17. The molecule has 0 atom stereocenters. The van der Waals surface area contributed by atoms with Crippen molar-refractivity contribution < 1.29 is 13.2 Å². The number of nitrogens with one attached hydrogen (secondary N) is 2. The van der Waals surface area contributed by atoms with Gasteiger partial charge in [0.05, 0.1) is 11.9 Å². The summed E-state index contributed by atoms with van der Waals surface area (Å²) in [7, 11) is 0. The minimum absolute atomic E-state index is 0.167. The lowest BCUT2D eigenvalue weighted by atomic mass is 10.3. The molecule has 2 rings (SSSR count). The second-order valence-electron chi connectivity index (χ2n) is 2.66. The van der Waals surface area contributed by atoms with E-state index in [2.05, 4.69) is 15.0 Å². The van der Waals surface area contributed by atoms with Crippen molar-refractivity contribution in [3.8, 4) is 0 Å². The van der Waals surface area contributed by atoms with Crippen LogP contribution in [0, 0.1) is 0 Å². The smallest absolute Gasteiger partial charge is 0.355 e. The van der Waals surface area contributed by atoms with Gasteiger partial charge in [-0.1, -0.05) is 0 Å². The summed E-state index contributed by atoms with van der Waals surface area (Å²) in [5, 5.41) is 0. The normalized spacial score (nSPS) is 12.2. The third-order valence-electron chi connectivity index (χ3n) is 1.77. The van der Waals surface area contributed by atoms with E-state index >= 15 is 0 Å². The molecule has 2 heterocycles. The molecule has 0 aliphatic carbocycles. The van der Waals surface area contributed by atoms with E-state index in [1.165, 1.54) is 0 Å². The van der Waals surface area contributed by atoms with E-state index in [1.54, 1.807) is 0 Å². The first-order chi connectivity index (χ1) is 6.50. The lowest BCUT2D eigenvalue weighted by Crippen LogP contribution is -2.08. The Morgan fingerprint density at radius 3 is 2.64 bits per heavy atom. The van der Waals surface area contributed by atoms with Crippen LogP contribution in [0.15, 0.2) is 17.3 Å². The van der Waals surface area contributed by atoms with Crippen molar-refractivity contribution in [2.75, 3.05) is 0 Å². The largest absolute Gasteiger partial charge is 0.419 e. The summed E-state index contributed by atoms with van der Waals surface area (Å²) in [6.07, 6.45) is -2.83. The van der Waals surface area contributed by atoms with Crippen molar-refractivity contribution >= 4 is 11.0 Å². The number of halogens is 3. The summed E-state index contributed by atoms with van der Waals surface area (Å²) in [4.78, 5) is 18.9. The summed E-state index contributed by atoms with van der Waals surface area (Å²) in [6.45, 7) is 0. The number of rotatable bonds is 0. The van der Waals surface area contributed by atoms with E-state index in [9.17, 15) is 18.0 Å². The summed E-state index contributed by atoms with van der Waals surface area (Å²) in [6, 6.07) is 0. The molecular weight excluding hydrogens is 199 g/mol. The minimum Gasteiger partial charge on any atom is -0.355 e. The van der Waals surface area contributed by atoms with E-state index in [1.807, 2.05) is 0 Å². The van der Waals surface area contributed by atoms with Crippen molar-refractivity contribution in [1.82, 2.24) is 15.0 Å². The molecule has 14 heavy (non-hydrogen) atoms. The van der Waals surface area contributed by atoms with E-state index in [4.69, 9.17) is 0 Å². The molecule has 0 saturated carbocycles. The Bertz CT molecular complexity index is 525. The average Bonchev–Trinajstić information content (AvgIpc) is 2.47. The van der Waals surface area contributed by atoms with Crippen molar-refractivity contribution in [3.05, 3.63) is 28.4 Å². The number of aromatic nitrogens is 3. The molecule has 4 nitrogen and oxygen atoms in total. The van der Waals surface area contributed by atoms with E-state index < -0.39 is 17.3 Å². The zero-order valence-electron chi connectivity index (χ0n) is 6.64. The number of nitrogens with zero attached hydrogens (tertiary/aromatic N) is 1. The molecule has 0 amide bonds. The highest BCUT2D eigenvalue weighted by molar-refractivity contribution is 5.78. The maximum atomic E-state index is 12.3. The maximum absolute atomic E-state index is 12.3. The molecule has 0 aliphatic heterocycles. The van der Waals surface area contributed by atoms with Gasteiger partial charge in [0, 0.05) is 6.20 Å². The molecule has 0 fully saturated rings. The van der Waals surface area contributed by atoms with Crippen LogP contribution in [0.2, 0.25) is 0 Å². The monoisotopic (exact) mass is 203 g/mol. The fraction of sp³-hybridized carbons (Fsp3) is 0.143. The minimum atomic E-state index is -4.50. The molecule has 0 aliphatic rings. The van der Waals surface area contributed by atoms with Gasteiger partial charge in [0.25, 0.3) is 5.56 Å². The lowest BCUT2D eigenvalue weighted by molar-refractivity contribution is -0.136. The van der Waals surface area contributed by atoms with Gasteiger partial charge in [-0.15, -0.1) is 0 Å². The SMILES string of the molecule is O=c1[nH]cnc2c(C(F)(F)F)c[nH]c12. The first-order valence-electron chi connectivity index (χ1n) is 3.62. The van der Waals surface area contributed by atoms with Gasteiger partial charge < -0.3 is 9.97 Å². The molecule has 0 bridgehead atoms. The molecule has 0 spiro atoms. The van der Waals surface area contributed by atoms with Gasteiger partial charge in [-0.05, 0) is 0 Å². The van der Waals surface area contributed by atoms with Crippen LogP contribution in [0.4, 0.5) is 13.2 Å². The third kappa shape index (κ3) is 1.17. The first-order valence-corrected chi connectivity index (χ1v) is 3.62. The zero-order valence-corrected chi connectivity index (χ0v) is 6.64. The van der Waals surface area contributed by atoms with Crippen LogP contribution in [-0.4, -0.2) is 15.0 Å². The van der Waals surface area contributed by atoms with Gasteiger partial charge in [0.2, 0.25) is 0 Å². The van der Waals surface area contributed by atoms with Gasteiger partial charge in [-0.25, -0.2) is 4.98 Å². The molecule has 0 aromatic carbocycles. The molecule has 2 N–H and O–H groups in total. The van der Waals surface area contributed by atoms with E-state index in [0.29, 0.717) is 0 Å². The predicted molar refractivity (Wildman–Crippen MR) is 41.7 cm³/mol.